The highest BCUT2D eigenvalue weighted by Gasteiger charge is 2.55. The summed E-state index contributed by atoms with van der Waals surface area (Å²) in [6, 6.07) is 3.45. The van der Waals surface area contributed by atoms with Crippen molar-refractivity contribution in [3.63, 3.8) is 0 Å². The van der Waals surface area contributed by atoms with Crippen molar-refractivity contribution in [2.24, 2.45) is 23.2 Å². The molecule has 0 radical (unpaired) electrons. The van der Waals surface area contributed by atoms with Crippen molar-refractivity contribution in [2.45, 2.75) is 45.1 Å². The van der Waals surface area contributed by atoms with Crippen molar-refractivity contribution in [1.82, 2.24) is 9.80 Å². The molecular weight excluding hydrogens is 380 g/mol. The van der Waals surface area contributed by atoms with Crippen molar-refractivity contribution in [2.75, 3.05) is 32.7 Å². The fourth-order valence-corrected chi connectivity index (χ4v) is 6.43. The maximum absolute atomic E-state index is 12.8. The maximum atomic E-state index is 12.8. The topological polar surface area (TPSA) is 63.0 Å². The van der Waals surface area contributed by atoms with Crippen LogP contribution in [0.4, 0.5) is 0 Å². The van der Waals surface area contributed by atoms with Crippen molar-refractivity contribution >= 4 is 11.9 Å². The fraction of sp³-hybridized carbons (Fsp3) is 0.667. The molecule has 2 saturated heterocycles. The number of nitrogens with zero attached hydrogens (tertiary/aromatic N) is 2. The maximum Gasteiger partial charge on any atom is 0.310 e. The molecule has 1 aromatic heterocycles. The Morgan fingerprint density at radius 1 is 1.30 bits per heavy atom. The predicted octanol–water partition coefficient (Wildman–Crippen LogP) is 3.35. The van der Waals surface area contributed by atoms with E-state index >= 15 is 0 Å². The minimum atomic E-state index is -0.0541. The molecular formula is C24H32N2O4. The van der Waals surface area contributed by atoms with Crippen LogP contribution in [0.2, 0.25) is 0 Å². The highest BCUT2D eigenvalue weighted by atomic mass is 16.6. The minimum Gasteiger partial charge on any atom is -0.462 e. The third kappa shape index (κ3) is 3.39. The van der Waals surface area contributed by atoms with E-state index in [4.69, 9.17) is 9.15 Å². The first-order valence-electron chi connectivity index (χ1n) is 11.4. The van der Waals surface area contributed by atoms with Gasteiger partial charge >= 0.3 is 5.97 Å². The van der Waals surface area contributed by atoms with Crippen molar-refractivity contribution in [3.05, 3.63) is 36.3 Å². The van der Waals surface area contributed by atoms with Gasteiger partial charge in [-0.25, -0.2) is 0 Å². The smallest absolute Gasteiger partial charge is 0.310 e. The van der Waals surface area contributed by atoms with Crippen molar-refractivity contribution in [1.29, 1.82) is 0 Å². The van der Waals surface area contributed by atoms with Crippen LogP contribution in [0.25, 0.3) is 0 Å². The van der Waals surface area contributed by atoms with E-state index < -0.39 is 0 Å². The lowest BCUT2D eigenvalue weighted by atomic mass is 9.55. The van der Waals surface area contributed by atoms with Crippen molar-refractivity contribution in [3.8, 4) is 0 Å². The average molecular weight is 413 g/mol. The molecule has 162 valence electrons. The summed E-state index contributed by atoms with van der Waals surface area (Å²) in [6.07, 6.45) is 7.17. The van der Waals surface area contributed by atoms with Gasteiger partial charge in [0.15, 0.2) is 5.76 Å². The molecule has 2 unspecified atom stereocenters. The van der Waals surface area contributed by atoms with Crippen LogP contribution >= 0.6 is 0 Å². The zero-order chi connectivity index (χ0) is 20.9. The van der Waals surface area contributed by atoms with E-state index in [0.717, 1.165) is 38.9 Å². The zero-order valence-corrected chi connectivity index (χ0v) is 17.8. The number of rotatable bonds is 3. The Labute approximate surface area is 178 Å². The van der Waals surface area contributed by atoms with Gasteiger partial charge in [-0.3, -0.25) is 14.5 Å². The van der Waals surface area contributed by atoms with Crippen molar-refractivity contribution < 1.29 is 18.7 Å². The van der Waals surface area contributed by atoms with E-state index in [1.807, 2.05) is 4.90 Å². The number of piperazine rings is 1. The molecule has 0 spiro atoms. The van der Waals surface area contributed by atoms with Gasteiger partial charge in [0.25, 0.3) is 5.91 Å². The van der Waals surface area contributed by atoms with Gasteiger partial charge in [-0.05, 0) is 55.6 Å². The standard InChI is InChI=1S/C24H32N2O4/c1-16-5-3-7-24(2)14-21-17(13-19(16)24)18(23(28)30-21)15-25-8-10-26(11-9-25)22(27)20-6-4-12-29-20/h4,6,12,17-19,21H,1,3,5,7-11,13-15H2,2H3/t17-,18?,19?,21-,24-/m1/s1. The summed E-state index contributed by atoms with van der Waals surface area (Å²) in [5.74, 6) is 1.08. The SMILES string of the molecule is C=C1CCC[C@]2(C)C[C@H]3OC(=O)C(CN4CCN(C(=O)c5ccco5)CC4)[C@H]3CC12. The number of hydrogen-bond acceptors (Lipinski definition) is 5. The number of carbonyl (C=O) groups is 2. The Morgan fingerprint density at radius 2 is 2.10 bits per heavy atom. The molecule has 5 atom stereocenters. The van der Waals surface area contributed by atoms with Gasteiger partial charge in [0, 0.05) is 38.6 Å². The van der Waals surface area contributed by atoms with Crippen LogP contribution in [0.3, 0.4) is 0 Å². The van der Waals surface area contributed by atoms with E-state index in [1.165, 1.54) is 24.7 Å². The molecule has 4 fully saturated rings. The number of esters is 1. The van der Waals surface area contributed by atoms with Gasteiger partial charge in [-0.2, -0.15) is 0 Å². The van der Waals surface area contributed by atoms with Crippen LogP contribution in [0.5, 0.6) is 0 Å². The van der Waals surface area contributed by atoms with Crippen LogP contribution < -0.4 is 0 Å². The summed E-state index contributed by atoms with van der Waals surface area (Å²) in [4.78, 5) is 29.4. The first-order chi connectivity index (χ1) is 14.4. The zero-order valence-electron chi connectivity index (χ0n) is 17.8. The number of fused-ring (bicyclic) bond motifs is 2. The number of carbonyl (C=O) groups excluding carboxylic acids is 2. The first kappa shape index (κ1) is 19.9. The molecule has 2 saturated carbocycles. The third-order valence-corrected chi connectivity index (χ3v) is 8.17. The quantitative estimate of drug-likeness (QED) is 0.563. The van der Waals surface area contributed by atoms with E-state index in [-0.39, 0.29) is 29.3 Å². The monoisotopic (exact) mass is 412 g/mol. The van der Waals surface area contributed by atoms with E-state index in [9.17, 15) is 9.59 Å². The summed E-state index contributed by atoms with van der Waals surface area (Å²) in [5, 5.41) is 0. The second kappa shape index (κ2) is 7.56. The summed E-state index contributed by atoms with van der Waals surface area (Å²) < 4.78 is 11.1. The largest absolute Gasteiger partial charge is 0.462 e. The Morgan fingerprint density at radius 3 is 2.83 bits per heavy atom. The van der Waals surface area contributed by atoms with Gasteiger partial charge in [-0.15, -0.1) is 0 Å². The van der Waals surface area contributed by atoms with Gasteiger partial charge < -0.3 is 14.1 Å². The third-order valence-electron chi connectivity index (χ3n) is 8.17. The average Bonchev–Trinajstić information content (AvgIpc) is 3.35. The van der Waals surface area contributed by atoms with Gasteiger partial charge in [-0.1, -0.05) is 19.1 Å². The Hall–Kier alpha value is -2.08. The molecule has 2 aliphatic heterocycles. The number of allylic oxidation sites excluding steroid dienone is 1. The fourth-order valence-electron chi connectivity index (χ4n) is 6.43. The molecule has 5 rings (SSSR count). The highest BCUT2D eigenvalue weighted by Crippen LogP contribution is 2.56. The minimum absolute atomic E-state index is 0.0213. The lowest BCUT2D eigenvalue weighted by Crippen LogP contribution is -2.51. The van der Waals surface area contributed by atoms with Crippen LogP contribution in [0.15, 0.2) is 35.0 Å². The van der Waals surface area contributed by atoms with E-state index in [0.29, 0.717) is 30.7 Å². The van der Waals surface area contributed by atoms with Gasteiger partial charge in [0.1, 0.15) is 6.10 Å². The molecule has 0 bridgehead atoms. The number of hydrogen-bond donors (Lipinski definition) is 0. The van der Waals surface area contributed by atoms with E-state index in [2.05, 4.69) is 18.4 Å². The molecule has 2 aliphatic carbocycles. The second-order valence-electron chi connectivity index (χ2n) is 9.97. The Kier molecular flexibility index (Phi) is 5.00. The van der Waals surface area contributed by atoms with Crippen LogP contribution in [0.1, 0.15) is 49.6 Å². The molecule has 0 N–H and O–H groups in total. The normalized spacial score (nSPS) is 36.9. The van der Waals surface area contributed by atoms with Crippen LogP contribution in [-0.4, -0.2) is 60.5 Å². The number of ether oxygens (including phenoxy) is 1. The van der Waals surface area contributed by atoms with E-state index in [1.54, 1.807) is 12.1 Å². The molecule has 30 heavy (non-hydrogen) atoms. The lowest BCUT2D eigenvalue weighted by molar-refractivity contribution is -0.146. The first-order valence-corrected chi connectivity index (χ1v) is 11.4. The Bertz CT molecular complexity index is 826. The molecule has 3 heterocycles. The van der Waals surface area contributed by atoms with Gasteiger partial charge in [0.2, 0.25) is 0 Å². The summed E-state index contributed by atoms with van der Waals surface area (Å²) in [7, 11) is 0. The molecule has 0 aromatic carbocycles. The summed E-state index contributed by atoms with van der Waals surface area (Å²) >= 11 is 0. The Balaban J connectivity index is 1.21. The molecule has 1 amide bonds. The molecule has 4 aliphatic rings. The van der Waals surface area contributed by atoms with Crippen LogP contribution in [0, 0.1) is 23.2 Å². The number of furan rings is 1. The van der Waals surface area contributed by atoms with Crippen LogP contribution in [-0.2, 0) is 9.53 Å². The second-order valence-corrected chi connectivity index (χ2v) is 9.97. The molecule has 6 heteroatoms. The summed E-state index contributed by atoms with van der Waals surface area (Å²) in [6.45, 7) is 10.4. The lowest BCUT2D eigenvalue weighted by Gasteiger charge is -2.50. The number of amides is 1. The molecule has 6 nitrogen and oxygen atoms in total. The highest BCUT2D eigenvalue weighted by molar-refractivity contribution is 5.91. The summed E-state index contributed by atoms with van der Waals surface area (Å²) in [5.41, 5.74) is 1.62. The predicted molar refractivity (Wildman–Crippen MR) is 112 cm³/mol. The molecule has 1 aromatic rings. The van der Waals surface area contributed by atoms with Gasteiger partial charge in [0.05, 0.1) is 12.2 Å².